The monoisotopic (exact) mass is 370 g/mol. The molecule has 0 spiro atoms. The lowest BCUT2D eigenvalue weighted by Crippen LogP contribution is -2.38. The van der Waals surface area contributed by atoms with Crippen molar-refractivity contribution in [1.82, 2.24) is 15.1 Å². The minimum absolute atomic E-state index is 0.000576. The van der Waals surface area contributed by atoms with Gasteiger partial charge in [0.15, 0.2) is 0 Å². The average molecular weight is 371 g/mol. The predicted octanol–water partition coefficient (Wildman–Crippen LogP) is 1.67. The van der Waals surface area contributed by atoms with Crippen molar-refractivity contribution in [2.75, 3.05) is 11.9 Å². The van der Waals surface area contributed by atoms with Gasteiger partial charge in [0.1, 0.15) is 0 Å². The number of nitrogens with one attached hydrogen (secondary N) is 2. The Bertz CT molecular complexity index is 746. The fourth-order valence-electron chi connectivity index (χ4n) is 1.85. The number of amides is 2. The Kier molecular flexibility index (Phi) is 6.19. The number of anilines is 1. The average Bonchev–Trinajstić information content (AvgIpc) is 2.94. The maximum absolute atomic E-state index is 11.7. The number of hydrogen-bond acceptors (Lipinski definition) is 4. The lowest BCUT2D eigenvalue weighted by molar-refractivity contribution is -0.136. The van der Waals surface area contributed by atoms with E-state index >= 15 is 0 Å². The maximum Gasteiger partial charge on any atom is 0.313 e. The van der Waals surface area contributed by atoms with E-state index in [1.54, 1.807) is 29.1 Å². The molecule has 0 radical (unpaired) electrons. The quantitative estimate of drug-likeness (QED) is 0.697. The van der Waals surface area contributed by atoms with Crippen LogP contribution in [0.4, 0.5) is 5.69 Å². The summed E-state index contributed by atoms with van der Waals surface area (Å²) in [6, 6.07) is 5.15. The molecule has 0 bridgehead atoms. The largest absolute Gasteiger partial charge is 0.392 e. The SMILES string of the molecule is C[C@@H](O)CNC(=O)C(=O)Nc1cnn(Cc2ccc(Cl)cc2Cl)c1. The van der Waals surface area contributed by atoms with Crippen molar-refractivity contribution in [3.05, 3.63) is 46.2 Å². The first-order valence-corrected chi connectivity index (χ1v) is 7.84. The molecule has 1 atom stereocenters. The van der Waals surface area contributed by atoms with Gasteiger partial charge in [-0.3, -0.25) is 14.3 Å². The van der Waals surface area contributed by atoms with Crippen LogP contribution in [0.25, 0.3) is 0 Å². The lowest BCUT2D eigenvalue weighted by atomic mass is 10.2. The summed E-state index contributed by atoms with van der Waals surface area (Å²) < 4.78 is 1.57. The predicted molar refractivity (Wildman–Crippen MR) is 91.1 cm³/mol. The summed E-state index contributed by atoms with van der Waals surface area (Å²) in [5.41, 5.74) is 1.19. The molecular formula is C15H16Cl2N4O3. The normalized spacial score (nSPS) is 11.8. The second kappa shape index (κ2) is 8.14. The van der Waals surface area contributed by atoms with Crippen molar-refractivity contribution >= 4 is 40.7 Å². The van der Waals surface area contributed by atoms with Crippen LogP contribution in [0.15, 0.2) is 30.6 Å². The number of halogens is 2. The Morgan fingerprint density at radius 3 is 2.75 bits per heavy atom. The molecule has 0 fully saturated rings. The van der Waals surface area contributed by atoms with Gasteiger partial charge in [-0.25, -0.2) is 0 Å². The molecule has 7 nitrogen and oxygen atoms in total. The van der Waals surface area contributed by atoms with Gasteiger partial charge in [0.25, 0.3) is 0 Å². The Labute approximate surface area is 148 Å². The molecule has 2 aromatic rings. The minimum Gasteiger partial charge on any atom is -0.392 e. The molecule has 9 heteroatoms. The highest BCUT2D eigenvalue weighted by Gasteiger charge is 2.15. The van der Waals surface area contributed by atoms with E-state index in [0.717, 1.165) is 5.56 Å². The van der Waals surface area contributed by atoms with E-state index in [4.69, 9.17) is 28.3 Å². The van der Waals surface area contributed by atoms with Crippen LogP contribution in [0.5, 0.6) is 0 Å². The van der Waals surface area contributed by atoms with Gasteiger partial charge in [0.05, 0.1) is 24.5 Å². The number of aromatic nitrogens is 2. The van der Waals surface area contributed by atoms with Gasteiger partial charge < -0.3 is 15.7 Å². The van der Waals surface area contributed by atoms with E-state index in [2.05, 4.69) is 15.7 Å². The van der Waals surface area contributed by atoms with Gasteiger partial charge in [-0.1, -0.05) is 29.3 Å². The maximum atomic E-state index is 11.7. The summed E-state index contributed by atoms with van der Waals surface area (Å²) in [5.74, 6) is -1.66. The Balaban J connectivity index is 1.95. The topological polar surface area (TPSA) is 96.2 Å². The summed E-state index contributed by atoms with van der Waals surface area (Å²) in [6.07, 6.45) is 2.27. The van der Waals surface area contributed by atoms with Gasteiger partial charge in [0.2, 0.25) is 0 Å². The van der Waals surface area contributed by atoms with E-state index in [9.17, 15) is 9.59 Å². The molecule has 3 N–H and O–H groups in total. The van der Waals surface area contributed by atoms with E-state index in [1.165, 1.54) is 13.1 Å². The van der Waals surface area contributed by atoms with E-state index in [-0.39, 0.29) is 6.54 Å². The summed E-state index contributed by atoms with van der Waals surface area (Å²) in [5, 5.41) is 19.0. The van der Waals surface area contributed by atoms with Gasteiger partial charge in [0, 0.05) is 22.8 Å². The van der Waals surface area contributed by atoms with Crippen LogP contribution in [0, 0.1) is 0 Å². The van der Waals surface area contributed by atoms with Gasteiger partial charge >= 0.3 is 11.8 Å². The molecule has 0 saturated heterocycles. The first kappa shape index (κ1) is 18.3. The first-order valence-electron chi connectivity index (χ1n) is 7.09. The summed E-state index contributed by atoms with van der Waals surface area (Å²) in [6.45, 7) is 1.89. The van der Waals surface area contributed by atoms with Crippen molar-refractivity contribution in [2.45, 2.75) is 19.6 Å². The molecule has 2 amide bonds. The zero-order chi connectivity index (χ0) is 17.7. The number of nitrogens with zero attached hydrogens (tertiary/aromatic N) is 2. The van der Waals surface area contributed by atoms with Crippen LogP contribution < -0.4 is 10.6 Å². The zero-order valence-corrected chi connectivity index (χ0v) is 14.3. The second-order valence-electron chi connectivity index (χ2n) is 5.18. The fraction of sp³-hybridized carbons (Fsp3) is 0.267. The molecule has 0 aliphatic heterocycles. The number of rotatable bonds is 5. The van der Waals surface area contributed by atoms with Crippen LogP contribution in [-0.4, -0.2) is 39.4 Å². The third-order valence-electron chi connectivity index (χ3n) is 3.00. The van der Waals surface area contributed by atoms with E-state index < -0.39 is 17.9 Å². The van der Waals surface area contributed by atoms with E-state index in [0.29, 0.717) is 22.3 Å². The van der Waals surface area contributed by atoms with Crippen LogP contribution in [0.2, 0.25) is 10.0 Å². The molecule has 1 heterocycles. The minimum atomic E-state index is -0.834. The van der Waals surface area contributed by atoms with Crippen molar-refractivity contribution in [3.8, 4) is 0 Å². The highest BCUT2D eigenvalue weighted by molar-refractivity contribution is 6.39. The molecule has 24 heavy (non-hydrogen) atoms. The smallest absolute Gasteiger partial charge is 0.313 e. The van der Waals surface area contributed by atoms with E-state index in [1.807, 2.05) is 0 Å². The van der Waals surface area contributed by atoms with Crippen LogP contribution in [0.3, 0.4) is 0 Å². The third-order valence-corrected chi connectivity index (χ3v) is 3.59. The number of carbonyl (C=O) groups is 2. The lowest BCUT2D eigenvalue weighted by Gasteiger charge is -2.06. The van der Waals surface area contributed by atoms with Crippen molar-refractivity contribution < 1.29 is 14.7 Å². The van der Waals surface area contributed by atoms with Gasteiger partial charge in [-0.15, -0.1) is 0 Å². The van der Waals surface area contributed by atoms with Crippen LogP contribution in [-0.2, 0) is 16.1 Å². The highest BCUT2D eigenvalue weighted by Crippen LogP contribution is 2.22. The first-order chi connectivity index (χ1) is 11.3. The molecule has 1 aromatic carbocycles. The molecule has 0 saturated carbocycles. The Hall–Kier alpha value is -2.09. The number of carbonyl (C=O) groups excluding carboxylic acids is 2. The van der Waals surface area contributed by atoms with Crippen molar-refractivity contribution in [2.24, 2.45) is 0 Å². The molecule has 1 aromatic heterocycles. The number of aliphatic hydroxyl groups is 1. The summed E-state index contributed by atoms with van der Waals surface area (Å²) >= 11 is 12.0. The molecule has 0 aliphatic carbocycles. The Morgan fingerprint density at radius 2 is 2.08 bits per heavy atom. The Morgan fingerprint density at radius 1 is 1.33 bits per heavy atom. The zero-order valence-electron chi connectivity index (χ0n) is 12.8. The highest BCUT2D eigenvalue weighted by atomic mass is 35.5. The molecular weight excluding hydrogens is 355 g/mol. The number of aliphatic hydroxyl groups excluding tert-OH is 1. The van der Waals surface area contributed by atoms with Crippen molar-refractivity contribution in [3.63, 3.8) is 0 Å². The van der Waals surface area contributed by atoms with Gasteiger partial charge in [-0.2, -0.15) is 5.10 Å². The molecule has 2 rings (SSSR count). The number of hydrogen-bond donors (Lipinski definition) is 3. The van der Waals surface area contributed by atoms with Crippen LogP contribution in [0.1, 0.15) is 12.5 Å². The molecule has 128 valence electrons. The standard InChI is InChI=1S/C15H16Cl2N4O3/c1-9(22)5-18-14(23)15(24)20-12-6-19-21(8-12)7-10-2-3-11(16)4-13(10)17/h2-4,6,8-9,22H,5,7H2,1H3,(H,18,23)(H,20,24)/t9-/m1/s1. The van der Waals surface area contributed by atoms with Crippen LogP contribution >= 0.6 is 23.2 Å². The third kappa shape index (κ3) is 5.23. The summed E-state index contributed by atoms with van der Waals surface area (Å²) in [4.78, 5) is 23.2. The number of benzene rings is 1. The second-order valence-corrected chi connectivity index (χ2v) is 6.02. The van der Waals surface area contributed by atoms with Crippen molar-refractivity contribution in [1.29, 1.82) is 0 Å². The fourth-order valence-corrected chi connectivity index (χ4v) is 2.32. The molecule has 0 unspecified atom stereocenters. The van der Waals surface area contributed by atoms with Gasteiger partial charge in [-0.05, 0) is 24.6 Å². The summed E-state index contributed by atoms with van der Waals surface area (Å²) in [7, 11) is 0. The molecule has 0 aliphatic rings.